The van der Waals surface area contributed by atoms with E-state index in [4.69, 9.17) is 4.42 Å². The lowest BCUT2D eigenvalue weighted by Gasteiger charge is -2.14. The Kier molecular flexibility index (Phi) is 2.83. The highest BCUT2D eigenvalue weighted by molar-refractivity contribution is 6.01. The average Bonchev–Trinajstić information content (AvgIpc) is 2.84. The zero-order chi connectivity index (χ0) is 16.4. The molecule has 4 heteroatoms. The van der Waals surface area contributed by atoms with Crippen LogP contribution in [0.2, 0.25) is 0 Å². The van der Waals surface area contributed by atoms with Crippen molar-refractivity contribution in [3.63, 3.8) is 0 Å². The topological polar surface area (TPSA) is 59.3 Å². The van der Waals surface area contributed by atoms with Crippen molar-refractivity contribution in [3.05, 3.63) is 52.0 Å². The lowest BCUT2D eigenvalue weighted by molar-refractivity contribution is -0.115. The summed E-state index contributed by atoms with van der Waals surface area (Å²) in [5, 5.41) is 4.21. The number of ketones is 1. The van der Waals surface area contributed by atoms with Crippen LogP contribution in [0, 0.1) is 17.3 Å². The first-order chi connectivity index (χ1) is 10.9. The first-order valence-electron chi connectivity index (χ1n) is 7.93. The number of carbonyl (C=O) groups is 1. The molecule has 1 heterocycles. The van der Waals surface area contributed by atoms with E-state index in [0.29, 0.717) is 23.8 Å². The van der Waals surface area contributed by atoms with E-state index in [1.165, 1.54) is 6.07 Å². The van der Waals surface area contributed by atoms with E-state index < -0.39 is 0 Å². The molecule has 0 saturated heterocycles. The van der Waals surface area contributed by atoms with Gasteiger partial charge in [-0.1, -0.05) is 13.8 Å². The second kappa shape index (κ2) is 4.57. The van der Waals surface area contributed by atoms with Gasteiger partial charge in [-0.25, -0.2) is 4.79 Å². The highest BCUT2D eigenvalue weighted by atomic mass is 16.4. The first-order valence-corrected chi connectivity index (χ1v) is 7.93. The summed E-state index contributed by atoms with van der Waals surface area (Å²) in [7, 11) is 0. The van der Waals surface area contributed by atoms with Crippen LogP contribution in [0.1, 0.15) is 27.2 Å². The number of nitrogens with one attached hydrogen (secondary N) is 1. The van der Waals surface area contributed by atoms with Crippen LogP contribution < -0.4 is 10.9 Å². The fourth-order valence-corrected chi connectivity index (χ4v) is 4.06. The van der Waals surface area contributed by atoms with Crippen molar-refractivity contribution in [2.24, 2.45) is 17.3 Å². The predicted octanol–water partition coefficient (Wildman–Crippen LogP) is 3.72. The summed E-state index contributed by atoms with van der Waals surface area (Å²) in [6, 6.07) is 8.73. The molecule has 2 aromatic rings. The standard InChI is InChI=1S/C19H19NO3/c1-10(17-14(21)9-13-18(17)19(13,2)3)20-12-5-6-15-11(8-12)4-7-16(22)23-15/h4-8,13,18,20H,9H2,1-3H3/t13-,18+/m1/s1. The molecule has 2 saturated carbocycles. The van der Waals surface area contributed by atoms with E-state index in [0.717, 1.165) is 22.3 Å². The molecule has 1 N–H and O–H groups in total. The molecule has 2 aliphatic rings. The molecule has 4 nitrogen and oxygen atoms in total. The maximum Gasteiger partial charge on any atom is 0.336 e. The SMILES string of the molecule is CC(Nc1ccc2oc(=O)ccc2c1)=C1C(=O)C[C@@H]2[C@@H]1C2(C)C. The number of hydrogen-bond donors (Lipinski definition) is 1. The highest BCUT2D eigenvalue weighted by Gasteiger charge is 2.65. The smallest absolute Gasteiger partial charge is 0.336 e. The van der Waals surface area contributed by atoms with Crippen molar-refractivity contribution in [2.75, 3.05) is 5.32 Å². The molecule has 2 fully saturated rings. The van der Waals surface area contributed by atoms with Gasteiger partial charge in [0.15, 0.2) is 5.78 Å². The molecule has 0 aliphatic heterocycles. The summed E-state index contributed by atoms with van der Waals surface area (Å²) < 4.78 is 5.14. The van der Waals surface area contributed by atoms with Gasteiger partial charge in [-0.05, 0) is 48.4 Å². The van der Waals surface area contributed by atoms with Gasteiger partial charge in [0, 0.05) is 34.8 Å². The summed E-state index contributed by atoms with van der Waals surface area (Å²) >= 11 is 0. The maximum atomic E-state index is 12.2. The molecule has 1 aromatic heterocycles. The van der Waals surface area contributed by atoms with Gasteiger partial charge in [-0.2, -0.15) is 0 Å². The van der Waals surface area contributed by atoms with Crippen molar-refractivity contribution in [1.82, 2.24) is 0 Å². The number of rotatable bonds is 2. The van der Waals surface area contributed by atoms with Gasteiger partial charge in [-0.3, -0.25) is 4.79 Å². The van der Waals surface area contributed by atoms with Gasteiger partial charge in [-0.15, -0.1) is 0 Å². The van der Waals surface area contributed by atoms with Crippen LogP contribution in [0.5, 0.6) is 0 Å². The quantitative estimate of drug-likeness (QED) is 0.678. The monoisotopic (exact) mass is 309 g/mol. The minimum atomic E-state index is -0.352. The molecule has 23 heavy (non-hydrogen) atoms. The zero-order valence-corrected chi connectivity index (χ0v) is 13.5. The van der Waals surface area contributed by atoms with E-state index in [1.54, 1.807) is 12.1 Å². The number of carbonyl (C=O) groups excluding carboxylic acids is 1. The van der Waals surface area contributed by atoms with Crippen molar-refractivity contribution >= 4 is 22.4 Å². The Morgan fingerprint density at radius 3 is 2.74 bits per heavy atom. The molecule has 0 amide bonds. The maximum absolute atomic E-state index is 12.2. The molecule has 0 bridgehead atoms. The molecule has 118 valence electrons. The van der Waals surface area contributed by atoms with E-state index >= 15 is 0 Å². The fraction of sp³-hybridized carbons (Fsp3) is 0.368. The number of allylic oxidation sites excluding steroid dienone is 2. The Bertz CT molecular complexity index is 920. The summed E-state index contributed by atoms with van der Waals surface area (Å²) in [4.78, 5) is 23.5. The number of benzene rings is 1. The van der Waals surface area contributed by atoms with E-state index in [9.17, 15) is 9.59 Å². The summed E-state index contributed by atoms with van der Waals surface area (Å²) in [5.41, 5.74) is 3.25. The Balaban J connectivity index is 1.67. The van der Waals surface area contributed by atoms with Gasteiger partial charge >= 0.3 is 5.63 Å². The van der Waals surface area contributed by atoms with Gasteiger partial charge in [0.25, 0.3) is 0 Å². The van der Waals surface area contributed by atoms with Crippen molar-refractivity contribution in [1.29, 1.82) is 0 Å². The molecule has 2 atom stereocenters. The Labute approximate surface area is 134 Å². The van der Waals surface area contributed by atoms with Crippen LogP contribution in [0.3, 0.4) is 0 Å². The predicted molar refractivity (Wildman–Crippen MR) is 89.2 cm³/mol. The Morgan fingerprint density at radius 1 is 1.22 bits per heavy atom. The van der Waals surface area contributed by atoms with Crippen molar-refractivity contribution in [2.45, 2.75) is 27.2 Å². The van der Waals surface area contributed by atoms with Gasteiger partial charge in [0.1, 0.15) is 5.58 Å². The minimum Gasteiger partial charge on any atom is -0.423 e. The molecular formula is C19H19NO3. The summed E-state index contributed by atoms with van der Waals surface area (Å²) in [5.74, 6) is 1.17. The highest BCUT2D eigenvalue weighted by Crippen LogP contribution is 2.68. The third kappa shape index (κ3) is 2.12. The molecule has 0 radical (unpaired) electrons. The molecule has 2 aliphatic carbocycles. The van der Waals surface area contributed by atoms with Crippen LogP contribution in [0.15, 0.2) is 50.8 Å². The summed E-state index contributed by atoms with van der Waals surface area (Å²) in [6.07, 6.45) is 0.675. The molecule has 1 aromatic carbocycles. The third-order valence-corrected chi connectivity index (χ3v) is 5.42. The summed E-state index contributed by atoms with van der Waals surface area (Å²) in [6.45, 7) is 6.44. The minimum absolute atomic E-state index is 0.249. The van der Waals surface area contributed by atoms with Gasteiger partial charge in [0.05, 0.1) is 0 Å². The lowest BCUT2D eigenvalue weighted by Crippen LogP contribution is -2.12. The van der Waals surface area contributed by atoms with E-state index in [2.05, 4.69) is 19.2 Å². The molecule has 4 rings (SSSR count). The molecule has 0 unspecified atom stereocenters. The number of hydrogen-bond acceptors (Lipinski definition) is 4. The third-order valence-electron chi connectivity index (χ3n) is 5.42. The average molecular weight is 309 g/mol. The number of fused-ring (bicyclic) bond motifs is 2. The normalized spacial score (nSPS) is 27.0. The second-order valence-electron chi connectivity index (χ2n) is 7.20. The Morgan fingerprint density at radius 2 is 2.00 bits per heavy atom. The number of Topliss-reactive ketones (excluding diaryl/α,β-unsaturated/α-hetero) is 1. The first kappa shape index (κ1) is 14.2. The largest absolute Gasteiger partial charge is 0.423 e. The second-order valence-corrected chi connectivity index (χ2v) is 7.20. The van der Waals surface area contributed by atoms with Crippen molar-refractivity contribution in [3.8, 4) is 0 Å². The Hall–Kier alpha value is -2.36. The van der Waals surface area contributed by atoms with Crippen molar-refractivity contribution < 1.29 is 9.21 Å². The van der Waals surface area contributed by atoms with Crippen LogP contribution >= 0.6 is 0 Å². The van der Waals surface area contributed by atoms with Crippen LogP contribution in [0.4, 0.5) is 5.69 Å². The zero-order valence-electron chi connectivity index (χ0n) is 13.5. The fourth-order valence-electron chi connectivity index (χ4n) is 4.06. The number of anilines is 1. The molecule has 0 spiro atoms. The molecular weight excluding hydrogens is 290 g/mol. The van der Waals surface area contributed by atoms with E-state index in [1.807, 2.05) is 19.1 Å². The van der Waals surface area contributed by atoms with Crippen LogP contribution in [-0.4, -0.2) is 5.78 Å². The van der Waals surface area contributed by atoms with Gasteiger partial charge in [0.2, 0.25) is 0 Å². The van der Waals surface area contributed by atoms with E-state index in [-0.39, 0.29) is 16.8 Å². The van der Waals surface area contributed by atoms with Crippen LogP contribution in [-0.2, 0) is 4.79 Å². The van der Waals surface area contributed by atoms with Gasteiger partial charge < -0.3 is 9.73 Å². The van der Waals surface area contributed by atoms with Crippen LogP contribution in [0.25, 0.3) is 11.0 Å². The lowest BCUT2D eigenvalue weighted by atomic mass is 9.95.